The fourth-order valence-corrected chi connectivity index (χ4v) is 2.74. The topological polar surface area (TPSA) is 220 Å². The highest BCUT2D eigenvalue weighted by molar-refractivity contribution is 5.77. The third kappa shape index (κ3) is 6.92. The van der Waals surface area contributed by atoms with E-state index in [2.05, 4.69) is 0 Å². The van der Waals surface area contributed by atoms with Crippen LogP contribution in [-0.4, -0.2) is 76.4 Å². The SMILES string of the molecule is NCCOC(CC(=O)O)(OCCN)C(CC(=O)O)(CC(=O)O)CC(=O)O. The van der Waals surface area contributed by atoms with Crippen molar-refractivity contribution in [3.8, 4) is 0 Å². The van der Waals surface area contributed by atoms with Crippen molar-refractivity contribution in [1.82, 2.24) is 0 Å². The van der Waals surface area contributed by atoms with Crippen LogP contribution in [0.1, 0.15) is 25.7 Å². The molecule has 0 fully saturated rings. The molecule has 0 saturated heterocycles. The predicted octanol–water partition coefficient (Wildman–Crippen LogP) is -1.48. The molecule has 0 atom stereocenters. The van der Waals surface area contributed by atoms with E-state index in [4.69, 9.17) is 20.9 Å². The summed E-state index contributed by atoms with van der Waals surface area (Å²) in [6.07, 6.45) is -4.06. The number of nitrogens with two attached hydrogens (primary N) is 2. The largest absolute Gasteiger partial charge is 0.481 e. The Bertz CT molecular complexity index is 473. The first kappa shape index (κ1) is 23.7. The molecule has 12 nitrogen and oxygen atoms in total. The highest BCUT2D eigenvalue weighted by atomic mass is 16.7. The molecular weight excluding hydrogens is 356 g/mol. The van der Waals surface area contributed by atoms with Crippen molar-refractivity contribution in [2.24, 2.45) is 16.9 Å². The smallest absolute Gasteiger partial charge is 0.308 e. The zero-order chi connectivity index (χ0) is 20.4. The van der Waals surface area contributed by atoms with Crippen LogP contribution in [0.15, 0.2) is 0 Å². The highest BCUT2D eigenvalue weighted by Crippen LogP contribution is 2.47. The van der Waals surface area contributed by atoms with E-state index in [-0.39, 0.29) is 26.3 Å². The minimum Gasteiger partial charge on any atom is -0.481 e. The van der Waals surface area contributed by atoms with Crippen LogP contribution in [0.3, 0.4) is 0 Å². The summed E-state index contributed by atoms with van der Waals surface area (Å²) in [7, 11) is 0. The van der Waals surface area contributed by atoms with Gasteiger partial charge in [-0.05, 0) is 0 Å². The molecule has 26 heavy (non-hydrogen) atoms. The molecule has 8 N–H and O–H groups in total. The number of ether oxygens (including phenoxy) is 2. The summed E-state index contributed by atoms with van der Waals surface area (Å²) in [5, 5.41) is 36.9. The maximum Gasteiger partial charge on any atom is 0.308 e. The van der Waals surface area contributed by atoms with Crippen LogP contribution in [0, 0.1) is 5.41 Å². The molecule has 0 unspecified atom stereocenters. The summed E-state index contributed by atoms with van der Waals surface area (Å²) in [5.41, 5.74) is 8.46. The van der Waals surface area contributed by atoms with Gasteiger partial charge in [-0.25, -0.2) is 0 Å². The normalized spacial score (nSPS) is 11.9. The molecule has 0 aromatic carbocycles. The van der Waals surface area contributed by atoms with Gasteiger partial charge in [0, 0.05) is 13.1 Å². The Morgan fingerprint density at radius 2 is 0.962 bits per heavy atom. The Kier molecular flexibility index (Phi) is 9.72. The van der Waals surface area contributed by atoms with Crippen molar-refractivity contribution in [2.75, 3.05) is 26.3 Å². The third-order valence-corrected chi connectivity index (χ3v) is 3.57. The fraction of sp³-hybridized carbons (Fsp3) is 0.714. The molecular formula is C14H24N2O10. The molecule has 0 heterocycles. The zero-order valence-electron chi connectivity index (χ0n) is 14.0. The number of hydrogen-bond acceptors (Lipinski definition) is 8. The maximum atomic E-state index is 11.4. The lowest BCUT2D eigenvalue weighted by molar-refractivity contribution is -0.304. The van der Waals surface area contributed by atoms with Gasteiger partial charge >= 0.3 is 23.9 Å². The first-order valence-electron chi connectivity index (χ1n) is 7.59. The summed E-state index contributed by atoms with van der Waals surface area (Å²) in [6, 6.07) is 0. The molecule has 0 aliphatic heterocycles. The van der Waals surface area contributed by atoms with Gasteiger partial charge in [-0.3, -0.25) is 19.2 Å². The monoisotopic (exact) mass is 380 g/mol. The van der Waals surface area contributed by atoms with Crippen molar-refractivity contribution >= 4 is 23.9 Å². The summed E-state index contributed by atoms with van der Waals surface area (Å²) in [5.74, 6) is -8.52. The number of hydrogen-bond donors (Lipinski definition) is 6. The second kappa shape index (κ2) is 10.7. The number of rotatable bonds is 15. The Morgan fingerprint density at radius 3 is 1.19 bits per heavy atom. The number of carboxylic acids is 4. The van der Waals surface area contributed by atoms with Gasteiger partial charge in [0.05, 0.1) is 37.9 Å². The fourth-order valence-electron chi connectivity index (χ4n) is 2.74. The quantitative estimate of drug-likeness (QED) is 0.179. The molecule has 0 bridgehead atoms. The molecule has 0 aliphatic carbocycles. The minimum absolute atomic E-state index is 0.128. The van der Waals surface area contributed by atoms with Gasteiger partial charge in [0.2, 0.25) is 0 Å². The zero-order valence-corrected chi connectivity index (χ0v) is 14.0. The van der Waals surface area contributed by atoms with Crippen LogP contribution >= 0.6 is 0 Å². The lowest BCUT2D eigenvalue weighted by atomic mass is 9.69. The summed E-state index contributed by atoms with van der Waals surface area (Å²) < 4.78 is 10.8. The highest BCUT2D eigenvalue weighted by Gasteiger charge is 2.58. The number of carbonyl (C=O) groups is 4. The molecule has 0 saturated carbocycles. The van der Waals surface area contributed by atoms with E-state index in [0.717, 1.165) is 0 Å². The van der Waals surface area contributed by atoms with E-state index in [1.165, 1.54) is 0 Å². The van der Waals surface area contributed by atoms with Gasteiger partial charge in [-0.15, -0.1) is 0 Å². The first-order chi connectivity index (χ1) is 12.0. The van der Waals surface area contributed by atoms with Gasteiger partial charge in [-0.2, -0.15) is 0 Å². The molecule has 12 heteroatoms. The van der Waals surface area contributed by atoms with Crippen molar-refractivity contribution in [3.05, 3.63) is 0 Å². The maximum absolute atomic E-state index is 11.4. The average Bonchev–Trinajstić information content (AvgIpc) is 2.47. The van der Waals surface area contributed by atoms with Crippen LogP contribution in [0.2, 0.25) is 0 Å². The van der Waals surface area contributed by atoms with Gasteiger partial charge in [-0.1, -0.05) is 0 Å². The van der Waals surface area contributed by atoms with E-state index in [1.807, 2.05) is 0 Å². The van der Waals surface area contributed by atoms with Crippen LogP contribution in [-0.2, 0) is 28.7 Å². The van der Waals surface area contributed by atoms with Crippen LogP contribution in [0.4, 0.5) is 0 Å². The third-order valence-electron chi connectivity index (χ3n) is 3.57. The lowest BCUT2D eigenvalue weighted by Gasteiger charge is -2.47. The van der Waals surface area contributed by atoms with E-state index in [1.54, 1.807) is 0 Å². The molecule has 0 aliphatic rings. The van der Waals surface area contributed by atoms with Gasteiger partial charge < -0.3 is 41.4 Å². The Hall–Kier alpha value is -2.28. The van der Waals surface area contributed by atoms with Gasteiger partial charge in [0.1, 0.15) is 6.42 Å². The average molecular weight is 380 g/mol. The second-order valence-corrected chi connectivity index (χ2v) is 5.59. The van der Waals surface area contributed by atoms with Crippen LogP contribution in [0.25, 0.3) is 0 Å². The molecule has 0 aromatic heterocycles. The van der Waals surface area contributed by atoms with Gasteiger partial charge in [0.15, 0.2) is 5.79 Å². The van der Waals surface area contributed by atoms with Crippen LogP contribution < -0.4 is 11.5 Å². The molecule has 0 radical (unpaired) electrons. The van der Waals surface area contributed by atoms with Crippen LogP contribution in [0.5, 0.6) is 0 Å². The Labute approximate surface area is 148 Å². The molecule has 0 amide bonds. The van der Waals surface area contributed by atoms with Crippen molar-refractivity contribution in [3.63, 3.8) is 0 Å². The van der Waals surface area contributed by atoms with Gasteiger partial charge in [0.25, 0.3) is 0 Å². The Balaban J connectivity index is 6.50. The lowest BCUT2D eigenvalue weighted by Crippen LogP contribution is -2.57. The number of carboxylic acid groups (broad SMARTS) is 4. The summed E-state index contributed by atoms with van der Waals surface area (Å²) in [4.78, 5) is 45.5. The van der Waals surface area contributed by atoms with Crippen molar-refractivity contribution in [1.29, 1.82) is 0 Å². The van der Waals surface area contributed by atoms with Crippen molar-refractivity contribution < 1.29 is 49.1 Å². The number of aliphatic carboxylic acids is 4. The molecule has 0 spiro atoms. The minimum atomic E-state index is -2.37. The van der Waals surface area contributed by atoms with E-state index < -0.39 is 60.8 Å². The Morgan fingerprint density at radius 1 is 0.654 bits per heavy atom. The summed E-state index contributed by atoms with van der Waals surface area (Å²) >= 11 is 0. The summed E-state index contributed by atoms with van der Waals surface area (Å²) in [6.45, 7) is -0.899. The molecule has 0 aromatic rings. The molecule has 0 rings (SSSR count). The molecule has 150 valence electrons. The van der Waals surface area contributed by atoms with Crippen molar-refractivity contribution in [2.45, 2.75) is 31.5 Å². The second-order valence-electron chi connectivity index (χ2n) is 5.59. The van der Waals surface area contributed by atoms with E-state index in [0.29, 0.717) is 0 Å². The van der Waals surface area contributed by atoms with E-state index >= 15 is 0 Å². The first-order valence-corrected chi connectivity index (χ1v) is 7.59. The standard InChI is InChI=1S/C14H24N2O10/c15-1-3-25-14(8-12(23)24,26-4-2-16)13(5-9(17)18,6-10(19)20)7-11(21)22/h1-8,15-16H2,(H,17,18)(H,19,20)(H,21,22)(H,23,24). The predicted molar refractivity (Wildman–Crippen MR) is 84.2 cm³/mol. The van der Waals surface area contributed by atoms with E-state index in [9.17, 15) is 39.6 Å².